The van der Waals surface area contributed by atoms with E-state index < -0.39 is 12.0 Å². The number of carboxylic acid groups (broad SMARTS) is 1. The highest BCUT2D eigenvalue weighted by Crippen LogP contribution is 2.28. The summed E-state index contributed by atoms with van der Waals surface area (Å²) in [5.41, 5.74) is 7.11. The smallest absolute Gasteiger partial charge is 0.320 e. The molecule has 1 unspecified atom stereocenters. The van der Waals surface area contributed by atoms with E-state index in [9.17, 15) is 9.59 Å². The lowest BCUT2D eigenvalue weighted by molar-refractivity contribution is -0.139. The fourth-order valence-corrected chi connectivity index (χ4v) is 6.47. The van der Waals surface area contributed by atoms with Crippen LogP contribution in [-0.4, -0.2) is 105 Å². The maximum Gasteiger partial charge on any atom is 0.320 e. The van der Waals surface area contributed by atoms with Crippen molar-refractivity contribution in [2.24, 2.45) is 5.73 Å². The molecular formula is C34H53N11O4. The monoisotopic (exact) mass is 679 g/mol. The van der Waals surface area contributed by atoms with Crippen molar-refractivity contribution in [1.82, 2.24) is 40.5 Å². The lowest BCUT2D eigenvalue weighted by Gasteiger charge is -2.33. The molecule has 1 atom stereocenters. The number of carboxylic acids is 1. The molecule has 5 rings (SSSR count). The summed E-state index contributed by atoms with van der Waals surface area (Å²) in [4.78, 5) is 34.9. The minimum absolute atomic E-state index is 0.0668. The van der Waals surface area contributed by atoms with Crippen molar-refractivity contribution in [2.75, 3.05) is 50.5 Å². The molecule has 2 aromatic heterocycles. The van der Waals surface area contributed by atoms with Crippen LogP contribution >= 0.6 is 0 Å². The number of aromatic nitrogens is 5. The molecule has 1 aliphatic heterocycles. The molecule has 49 heavy (non-hydrogen) atoms. The number of carbonyl (C=O) groups is 2. The largest absolute Gasteiger partial charge is 0.497 e. The molecule has 3 heterocycles. The van der Waals surface area contributed by atoms with Crippen molar-refractivity contribution in [2.45, 2.75) is 102 Å². The van der Waals surface area contributed by atoms with Crippen LogP contribution in [0.1, 0.15) is 76.3 Å². The minimum atomic E-state index is -1.09. The van der Waals surface area contributed by atoms with E-state index in [2.05, 4.69) is 31.6 Å². The van der Waals surface area contributed by atoms with Crippen molar-refractivity contribution in [3.05, 3.63) is 30.1 Å². The molecule has 1 saturated heterocycles. The molecule has 15 nitrogen and oxygen atoms in total. The van der Waals surface area contributed by atoms with E-state index in [-0.39, 0.29) is 24.8 Å². The van der Waals surface area contributed by atoms with Crippen LogP contribution in [0.3, 0.4) is 0 Å². The van der Waals surface area contributed by atoms with Crippen molar-refractivity contribution in [3.8, 4) is 5.75 Å². The zero-order valence-corrected chi connectivity index (χ0v) is 28.7. The van der Waals surface area contributed by atoms with Crippen LogP contribution < -0.4 is 31.7 Å². The Hall–Kier alpha value is -4.08. The molecule has 0 bridgehead atoms. The average Bonchev–Trinajstić information content (AvgIpc) is 3.58. The number of likely N-dealkylation sites (tertiary alicyclic amines) is 1. The number of nitrogens with two attached hydrogens (primary N) is 1. The first-order valence-electron chi connectivity index (χ1n) is 17.8. The molecule has 1 aromatic carbocycles. The van der Waals surface area contributed by atoms with E-state index in [4.69, 9.17) is 25.5 Å². The van der Waals surface area contributed by atoms with Gasteiger partial charge in [-0.1, -0.05) is 24.5 Å². The molecule has 0 spiro atoms. The Labute approximate surface area is 288 Å². The summed E-state index contributed by atoms with van der Waals surface area (Å²) < 4.78 is 7.32. The number of rotatable bonds is 19. The van der Waals surface area contributed by atoms with Crippen LogP contribution in [-0.2, 0) is 22.7 Å². The first-order valence-corrected chi connectivity index (χ1v) is 17.8. The fraction of sp³-hybridized carbons (Fsp3) is 0.647. The van der Waals surface area contributed by atoms with E-state index in [1.165, 1.54) is 32.1 Å². The van der Waals surface area contributed by atoms with Crippen LogP contribution in [0.25, 0.3) is 10.9 Å². The summed E-state index contributed by atoms with van der Waals surface area (Å²) >= 11 is 0. The third-order valence-corrected chi connectivity index (χ3v) is 9.40. The van der Waals surface area contributed by atoms with Gasteiger partial charge in [0.2, 0.25) is 11.9 Å². The van der Waals surface area contributed by atoms with Crippen LogP contribution in [0.5, 0.6) is 5.75 Å². The lowest BCUT2D eigenvalue weighted by Crippen LogP contribution is -2.43. The van der Waals surface area contributed by atoms with Crippen molar-refractivity contribution in [3.63, 3.8) is 0 Å². The molecule has 15 heteroatoms. The predicted octanol–water partition coefficient (Wildman–Crippen LogP) is 2.73. The summed E-state index contributed by atoms with van der Waals surface area (Å²) in [5.74, 6) is 0.706. The topological polar surface area (TPSA) is 197 Å². The van der Waals surface area contributed by atoms with Gasteiger partial charge in [-0.25, -0.2) is 4.98 Å². The summed E-state index contributed by atoms with van der Waals surface area (Å²) in [6.07, 6.45) is 12.6. The highest BCUT2D eigenvalue weighted by molar-refractivity contribution is 5.91. The molecule has 1 amide bonds. The maximum absolute atomic E-state index is 12.6. The Morgan fingerprint density at radius 2 is 1.84 bits per heavy atom. The third kappa shape index (κ3) is 11.2. The van der Waals surface area contributed by atoms with E-state index in [1.807, 2.05) is 29.1 Å². The summed E-state index contributed by atoms with van der Waals surface area (Å²) in [6, 6.07) is 5.51. The molecule has 7 N–H and O–H groups in total. The molecule has 1 aliphatic carbocycles. The molecular weight excluding hydrogens is 626 g/mol. The Balaban J connectivity index is 1.08. The SMILES string of the molecule is COc1ccc2c(NC3CCN(C(=O)CCC(N)C(=O)O)CC3)nc(NCc3cn(CCCNCCCNC4CCCCC4)nn3)nc2c1. The lowest BCUT2D eigenvalue weighted by atomic mass is 9.95. The van der Waals surface area contributed by atoms with Crippen molar-refractivity contribution in [1.29, 1.82) is 0 Å². The molecule has 1 saturated carbocycles. The quantitative estimate of drug-likeness (QED) is 0.101. The summed E-state index contributed by atoms with van der Waals surface area (Å²) in [5, 5.41) is 32.6. The van der Waals surface area contributed by atoms with Gasteiger partial charge in [-0.05, 0) is 76.7 Å². The Morgan fingerprint density at radius 1 is 1.04 bits per heavy atom. The standard InChI is InChI=1S/C34H53N11O4/c1-49-27-9-10-28-30(21-27)40-34(41-32(28)39-25-13-19-44(20-14-25)31(46)12-11-29(35)33(47)48)38-22-26-23-45(43-42-26)18-6-16-36-15-5-17-37-24-7-3-2-4-8-24/h9-10,21,23-25,29,36-37H,2-8,11-20,22,35H2,1H3,(H,47,48)(H2,38,39,40,41). The average molecular weight is 680 g/mol. The number of fused-ring (bicyclic) bond motifs is 1. The minimum Gasteiger partial charge on any atom is -0.497 e. The summed E-state index contributed by atoms with van der Waals surface area (Å²) in [6.45, 7) is 5.41. The first kappa shape index (κ1) is 36.2. The second-order valence-corrected chi connectivity index (χ2v) is 13.1. The first-order chi connectivity index (χ1) is 23.9. The van der Waals surface area contributed by atoms with Crippen molar-refractivity contribution >= 4 is 34.5 Å². The zero-order valence-electron chi connectivity index (χ0n) is 28.7. The van der Waals surface area contributed by atoms with Gasteiger partial charge >= 0.3 is 5.97 Å². The summed E-state index contributed by atoms with van der Waals surface area (Å²) in [7, 11) is 1.63. The van der Waals surface area contributed by atoms with E-state index in [0.717, 1.165) is 74.5 Å². The number of carbonyl (C=O) groups excluding carboxylic acids is 1. The number of methoxy groups -OCH3 is 1. The maximum atomic E-state index is 12.6. The highest BCUT2D eigenvalue weighted by Gasteiger charge is 2.25. The molecule has 2 fully saturated rings. The number of benzene rings is 1. The van der Waals surface area contributed by atoms with E-state index in [1.54, 1.807) is 12.0 Å². The van der Waals surface area contributed by atoms with E-state index >= 15 is 0 Å². The number of nitrogens with zero attached hydrogens (tertiary/aromatic N) is 6. The Morgan fingerprint density at radius 3 is 2.61 bits per heavy atom. The number of hydrogen-bond donors (Lipinski definition) is 6. The Bertz CT molecular complexity index is 1490. The van der Waals surface area contributed by atoms with Crippen LogP contribution in [0.2, 0.25) is 0 Å². The van der Waals surface area contributed by atoms with Gasteiger partial charge in [0, 0.05) is 49.6 Å². The Kier molecular flexibility index (Phi) is 13.8. The number of hydrogen-bond acceptors (Lipinski definition) is 12. The number of aryl methyl sites for hydroxylation is 1. The van der Waals surface area contributed by atoms with Gasteiger partial charge in [0.25, 0.3) is 0 Å². The number of ether oxygens (including phenoxy) is 1. The van der Waals surface area contributed by atoms with Gasteiger partial charge in [-0.2, -0.15) is 4.98 Å². The van der Waals surface area contributed by atoms with Gasteiger partial charge in [0.1, 0.15) is 23.3 Å². The fourth-order valence-electron chi connectivity index (χ4n) is 6.47. The highest BCUT2D eigenvalue weighted by atomic mass is 16.5. The second kappa shape index (κ2) is 18.6. The van der Waals surface area contributed by atoms with Crippen LogP contribution in [0, 0.1) is 0 Å². The molecule has 268 valence electrons. The normalized spacial score (nSPS) is 16.5. The number of piperidine rings is 1. The number of aliphatic carboxylic acids is 1. The number of anilines is 2. The van der Waals surface area contributed by atoms with Crippen LogP contribution in [0.4, 0.5) is 11.8 Å². The number of nitrogens with one attached hydrogen (secondary N) is 4. The van der Waals surface area contributed by atoms with Crippen LogP contribution in [0.15, 0.2) is 24.4 Å². The molecule has 0 radical (unpaired) electrons. The second-order valence-electron chi connectivity index (χ2n) is 13.1. The molecule has 3 aromatic rings. The van der Waals surface area contributed by atoms with Gasteiger partial charge in [-0.15, -0.1) is 5.10 Å². The zero-order chi connectivity index (χ0) is 34.4. The van der Waals surface area contributed by atoms with E-state index in [0.29, 0.717) is 37.1 Å². The van der Waals surface area contributed by atoms with Gasteiger partial charge in [0.05, 0.1) is 25.4 Å². The van der Waals surface area contributed by atoms with Gasteiger partial charge in [0.15, 0.2) is 0 Å². The third-order valence-electron chi connectivity index (χ3n) is 9.40. The predicted molar refractivity (Wildman–Crippen MR) is 188 cm³/mol. The van der Waals surface area contributed by atoms with Gasteiger partial charge in [-0.3, -0.25) is 14.3 Å². The van der Waals surface area contributed by atoms with Gasteiger partial charge < -0.3 is 41.7 Å². The molecule has 2 aliphatic rings. The van der Waals surface area contributed by atoms with Crippen molar-refractivity contribution < 1.29 is 19.4 Å². The number of amides is 1.